The molecule has 0 aliphatic rings. The Labute approximate surface area is 86.3 Å². The fourth-order valence-electron chi connectivity index (χ4n) is 1.16. The van der Waals surface area contributed by atoms with Crippen LogP contribution >= 0.6 is 0 Å². The lowest BCUT2D eigenvalue weighted by atomic mass is 10.2. The number of hydrogen-bond acceptors (Lipinski definition) is 2. The molecule has 1 heterocycles. The van der Waals surface area contributed by atoms with Gasteiger partial charge in [-0.05, 0) is 24.5 Å². The van der Waals surface area contributed by atoms with Gasteiger partial charge in [-0.2, -0.15) is 0 Å². The third kappa shape index (κ3) is 3.77. The first-order valence-corrected chi connectivity index (χ1v) is 5.30. The van der Waals surface area contributed by atoms with Gasteiger partial charge in [0.25, 0.3) is 0 Å². The third-order valence-corrected chi connectivity index (χ3v) is 1.89. The van der Waals surface area contributed by atoms with E-state index in [0.717, 1.165) is 30.9 Å². The van der Waals surface area contributed by atoms with Crippen molar-refractivity contribution in [2.45, 2.75) is 33.6 Å². The molecule has 0 fully saturated rings. The summed E-state index contributed by atoms with van der Waals surface area (Å²) in [6.45, 7) is 7.19. The average Bonchev–Trinajstić information content (AvgIpc) is 2.17. The van der Waals surface area contributed by atoms with Gasteiger partial charge in [0.2, 0.25) is 0 Å². The minimum absolute atomic E-state index is 0.560. The molecule has 0 spiro atoms. The summed E-state index contributed by atoms with van der Waals surface area (Å²) < 4.78 is 5.54. The summed E-state index contributed by atoms with van der Waals surface area (Å²) in [5, 5.41) is 0. The fraction of sp³-hybridized carbons (Fsp3) is 0.583. The Hall–Kier alpha value is -1.05. The van der Waals surface area contributed by atoms with Crippen molar-refractivity contribution in [3.05, 3.63) is 24.0 Å². The van der Waals surface area contributed by atoms with Gasteiger partial charge in [0.05, 0.1) is 12.8 Å². The molecule has 1 rings (SSSR count). The van der Waals surface area contributed by atoms with Crippen LogP contribution in [0.2, 0.25) is 0 Å². The number of aryl methyl sites for hydroxylation is 1. The zero-order chi connectivity index (χ0) is 10.4. The molecule has 0 aromatic carbocycles. The van der Waals surface area contributed by atoms with Gasteiger partial charge in [-0.3, -0.25) is 4.98 Å². The Morgan fingerprint density at radius 1 is 1.36 bits per heavy atom. The lowest BCUT2D eigenvalue weighted by molar-refractivity contribution is 0.270. The number of pyridine rings is 1. The van der Waals surface area contributed by atoms with E-state index in [1.165, 1.54) is 0 Å². The molecule has 78 valence electrons. The van der Waals surface area contributed by atoms with Crippen LogP contribution < -0.4 is 4.74 Å². The van der Waals surface area contributed by atoms with E-state index in [9.17, 15) is 0 Å². The molecule has 0 saturated heterocycles. The van der Waals surface area contributed by atoms with E-state index in [1.807, 2.05) is 18.3 Å². The normalized spacial score (nSPS) is 10.6. The molecule has 14 heavy (non-hydrogen) atoms. The van der Waals surface area contributed by atoms with Crippen LogP contribution in [0.1, 0.15) is 32.9 Å². The summed E-state index contributed by atoms with van der Waals surface area (Å²) >= 11 is 0. The van der Waals surface area contributed by atoms with E-state index in [-0.39, 0.29) is 0 Å². The van der Waals surface area contributed by atoms with E-state index in [1.54, 1.807) is 0 Å². The summed E-state index contributed by atoms with van der Waals surface area (Å²) in [6.07, 6.45) is 4.00. The van der Waals surface area contributed by atoms with Crippen LogP contribution in [0.4, 0.5) is 0 Å². The lowest BCUT2D eigenvalue weighted by Gasteiger charge is -2.08. The standard InChI is InChI=1S/C12H19NO/c1-4-5-11-6-7-12(8-13-11)14-9-10(2)3/h6-8,10H,4-5,9H2,1-3H3. The van der Waals surface area contributed by atoms with Crippen LogP contribution in [0.5, 0.6) is 5.75 Å². The second-order valence-corrected chi connectivity index (χ2v) is 3.94. The first kappa shape index (κ1) is 11.0. The predicted molar refractivity (Wildman–Crippen MR) is 58.6 cm³/mol. The van der Waals surface area contributed by atoms with Crippen molar-refractivity contribution in [2.75, 3.05) is 6.61 Å². The predicted octanol–water partition coefficient (Wildman–Crippen LogP) is 3.07. The van der Waals surface area contributed by atoms with Crippen molar-refractivity contribution in [1.29, 1.82) is 0 Å². The summed E-state index contributed by atoms with van der Waals surface area (Å²) in [5.74, 6) is 1.43. The Bertz CT molecular complexity index is 254. The van der Waals surface area contributed by atoms with Crippen molar-refractivity contribution in [2.24, 2.45) is 5.92 Å². The number of hydrogen-bond donors (Lipinski definition) is 0. The minimum Gasteiger partial charge on any atom is -0.492 e. The highest BCUT2D eigenvalue weighted by molar-refractivity contribution is 5.19. The SMILES string of the molecule is CCCc1ccc(OCC(C)C)cn1. The minimum atomic E-state index is 0.560. The smallest absolute Gasteiger partial charge is 0.137 e. The molecule has 2 heteroatoms. The molecular formula is C12H19NO. The summed E-state index contributed by atoms with van der Waals surface area (Å²) in [7, 11) is 0. The summed E-state index contributed by atoms with van der Waals surface area (Å²) in [6, 6.07) is 4.04. The highest BCUT2D eigenvalue weighted by Gasteiger charge is 1.98. The molecule has 0 aliphatic carbocycles. The van der Waals surface area contributed by atoms with Crippen LogP contribution in [0.25, 0.3) is 0 Å². The molecule has 0 aliphatic heterocycles. The van der Waals surface area contributed by atoms with Gasteiger partial charge in [-0.25, -0.2) is 0 Å². The van der Waals surface area contributed by atoms with E-state index >= 15 is 0 Å². The summed E-state index contributed by atoms with van der Waals surface area (Å²) in [5.41, 5.74) is 1.14. The quantitative estimate of drug-likeness (QED) is 0.717. The van der Waals surface area contributed by atoms with Crippen molar-refractivity contribution in [1.82, 2.24) is 4.98 Å². The molecule has 0 unspecified atom stereocenters. The van der Waals surface area contributed by atoms with Crippen LogP contribution in [-0.4, -0.2) is 11.6 Å². The van der Waals surface area contributed by atoms with Gasteiger partial charge in [0, 0.05) is 5.69 Å². The Kier molecular flexibility index (Phi) is 4.44. The second kappa shape index (κ2) is 5.63. The Morgan fingerprint density at radius 2 is 2.14 bits per heavy atom. The van der Waals surface area contributed by atoms with Crippen LogP contribution in [0, 0.1) is 5.92 Å². The Balaban J connectivity index is 2.46. The topological polar surface area (TPSA) is 22.1 Å². The first-order chi connectivity index (χ1) is 6.72. The molecule has 0 radical (unpaired) electrons. The molecular weight excluding hydrogens is 174 g/mol. The van der Waals surface area contributed by atoms with Gasteiger partial charge in [0.15, 0.2) is 0 Å². The Morgan fingerprint density at radius 3 is 2.64 bits per heavy atom. The fourth-order valence-corrected chi connectivity index (χ4v) is 1.16. The molecule has 1 aromatic rings. The largest absolute Gasteiger partial charge is 0.492 e. The lowest BCUT2D eigenvalue weighted by Crippen LogP contribution is -2.04. The molecule has 2 nitrogen and oxygen atoms in total. The van der Waals surface area contributed by atoms with Gasteiger partial charge in [0.1, 0.15) is 5.75 Å². The van der Waals surface area contributed by atoms with Crippen molar-refractivity contribution in [3.8, 4) is 5.75 Å². The maximum Gasteiger partial charge on any atom is 0.137 e. The summed E-state index contributed by atoms with van der Waals surface area (Å²) in [4.78, 5) is 4.32. The average molecular weight is 193 g/mol. The van der Waals surface area contributed by atoms with Crippen LogP contribution in [-0.2, 0) is 6.42 Å². The van der Waals surface area contributed by atoms with Crippen LogP contribution in [0.15, 0.2) is 18.3 Å². The van der Waals surface area contributed by atoms with Crippen molar-refractivity contribution >= 4 is 0 Å². The number of nitrogens with zero attached hydrogens (tertiary/aromatic N) is 1. The van der Waals surface area contributed by atoms with Gasteiger partial charge < -0.3 is 4.74 Å². The molecule has 0 N–H and O–H groups in total. The maximum atomic E-state index is 5.54. The maximum absolute atomic E-state index is 5.54. The van der Waals surface area contributed by atoms with Crippen molar-refractivity contribution < 1.29 is 4.74 Å². The van der Waals surface area contributed by atoms with Crippen molar-refractivity contribution in [3.63, 3.8) is 0 Å². The number of rotatable bonds is 5. The van der Waals surface area contributed by atoms with Crippen LogP contribution in [0.3, 0.4) is 0 Å². The van der Waals surface area contributed by atoms with Gasteiger partial charge >= 0.3 is 0 Å². The zero-order valence-electron chi connectivity index (χ0n) is 9.29. The highest BCUT2D eigenvalue weighted by Crippen LogP contribution is 2.11. The number of aromatic nitrogens is 1. The van der Waals surface area contributed by atoms with E-state index < -0.39 is 0 Å². The van der Waals surface area contributed by atoms with E-state index in [2.05, 4.69) is 25.8 Å². The molecule has 0 atom stereocenters. The second-order valence-electron chi connectivity index (χ2n) is 3.94. The highest BCUT2D eigenvalue weighted by atomic mass is 16.5. The zero-order valence-corrected chi connectivity index (χ0v) is 9.29. The van der Waals surface area contributed by atoms with E-state index in [0.29, 0.717) is 5.92 Å². The molecule has 0 bridgehead atoms. The first-order valence-electron chi connectivity index (χ1n) is 5.30. The van der Waals surface area contributed by atoms with Gasteiger partial charge in [-0.1, -0.05) is 27.2 Å². The monoisotopic (exact) mass is 193 g/mol. The molecule has 0 saturated carbocycles. The third-order valence-electron chi connectivity index (χ3n) is 1.89. The van der Waals surface area contributed by atoms with E-state index in [4.69, 9.17) is 4.74 Å². The molecule has 0 amide bonds. The molecule has 1 aromatic heterocycles. The van der Waals surface area contributed by atoms with Gasteiger partial charge in [-0.15, -0.1) is 0 Å². The number of ether oxygens (including phenoxy) is 1.